The third kappa shape index (κ3) is 15.6. The van der Waals surface area contributed by atoms with Crippen molar-refractivity contribution in [3.8, 4) is 0 Å². The van der Waals surface area contributed by atoms with E-state index in [4.69, 9.17) is 48.7 Å². The normalized spacial score (nSPS) is 28.6. The number of benzene rings is 3. The van der Waals surface area contributed by atoms with E-state index in [1.807, 2.05) is 0 Å². The second-order valence-electron chi connectivity index (χ2n) is 14.9. The molecule has 2 aliphatic rings. The number of aliphatic hydroxyl groups excluding tert-OH is 1. The summed E-state index contributed by atoms with van der Waals surface area (Å²) in [5.74, 6) is -1.58. The third-order valence-corrected chi connectivity index (χ3v) is 10.2. The van der Waals surface area contributed by atoms with E-state index in [0.717, 1.165) is 32.1 Å². The van der Waals surface area contributed by atoms with Crippen molar-refractivity contribution in [2.24, 2.45) is 0 Å². The molecular weight excluding hydrogens is 789 g/mol. The molecule has 3 aromatic carbocycles. The van der Waals surface area contributed by atoms with Gasteiger partial charge >= 0.3 is 17.9 Å². The highest BCUT2D eigenvalue weighted by Crippen LogP contribution is 2.35. The van der Waals surface area contributed by atoms with Crippen LogP contribution in [0, 0.1) is 0 Å². The van der Waals surface area contributed by atoms with Gasteiger partial charge in [0.05, 0.1) is 37.1 Å². The molecule has 1 N–H and O–H groups in total. The summed E-state index contributed by atoms with van der Waals surface area (Å²) in [7, 11) is 1.37. The molecule has 0 saturated carbocycles. The zero-order chi connectivity index (χ0) is 46.0. The van der Waals surface area contributed by atoms with E-state index in [0.29, 0.717) is 29.5 Å². The molecular formula is C47H62O14. The number of rotatable bonds is 24. The zero-order valence-electron chi connectivity index (χ0n) is 38.3. The number of methoxy groups -OCH3 is 1. The maximum absolute atomic E-state index is 12.6. The lowest BCUT2D eigenvalue weighted by Gasteiger charge is -2.49. The van der Waals surface area contributed by atoms with Crippen LogP contribution < -0.4 is 0 Å². The van der Waals surface area contributed by atoms with E-state index in [1.165, 1.54) is 21.0 Å². The molecule has 4 unspecified atom stereocenters. The molecule has 5 rings (SSSR count). The molecule has 0 amide bonds. The van der Waals surface area contributed by atoms with Crippen LogP contribution in [0.3, 0.4) is 0 Å². The predicted molar refractivity (Wildman–Crippen MR) is 221 cm³/mol. The molecule has 0 radical (unpaired) electrons. The smallest absolute Gasteiger partial charge is 0.305 e. The van der Waals surface area contributed by atoms with Crippen LogP contribution >= 0.6 is 0 Å². The Morgan fingerprint density at radius 2 is 1.15 bits per heavy atom. The maximum atomic E-state index is 12.6. The molecule has 3 aromatic rings. The molecule has 2 fully saturated rings. The highest BCUT2D eigenvalue weighted by molar-refractivity contribution is 5.69. The van der Waals surface area contributed by atoms with E-state index >= 15 is 0 Å². The number of unbranched alkanes of at least 4 members (excludes halogenated alkanes) is 5. The highest BCUT2D eigenvalue weighted by atomic mass is 16.8. The highest BCUT2D eigenvalue weighted by Gasteiger charge is 2.54. The third-order valence-electron chi connectivity index (χ3n) is 10.2. The molecule has 0 bridgehead atoms. The largest absolute Gasteiger partial charge is 0.469 e. The number of aliphatic hydroxyl groups is 1. The van der Waals surface area contributed by atoms with Crippen LogP contribution in [0.4, 0.5) is 0 Å². The average Bonchev–Trinajstić information content (AvgIpc) is 3.29. The van der Waals surface area contributed by atoms with Crippen LogP contribution in [0.25, 0.3) is 0 Å². The van der Waals surface area contributed by atoms with Crippen LogP contribution in [0.15, 0.2) is 91.0 Å². The summed E-state index contributed by atoms with van der Waals surface area (Å²) in [5, 5.41) is 11.5. The summed E-state index contributed by atoms with van der Waals surface area (Å²) in [4.78, 5) is 36.4. The Morgan fingerprint density at radius 1 is 0.623 bits per heavy atom. The number of hydrogen-bond donors (Lipinski definition) is 1. The van der Waals surface area contributed by atoms with Crippen molar-refractivity contribution < 1.29 is 71.0 Å². The summed E-state index contributed by atoms with van der Waals surface area (Å²) < 4.78 is 88.7. The first-order valence-electron chi connectivity index (χ1n) is 22.6. The van der Waals surface area contributed by atoms with Crippen LogP contribution in [0.2, 0.25) is 0 Å². The van der Waals surface area contributed by atoms with E-state index in [-0.39, 0.29) is 12.6 Å². The first-order chi connectivity index (χ1) is 30.9. The van der Waals surface area contributed by atoms with Gasteiger partial charge in [0.2, 0.25) is 0 Å². The average molecular weight is 854 g/mol. The molecule has 13 atom stereocenters. The van der Waals surface area contributed by atoms with Gasteiger partial charge < -0.3 is 52.5 Å². The Balaban J connectivity index is 1.51. The molecule has 0 spiro atoms. The number of esters is 3. The van der Waals surface area contributed by atoms with E-state index in [1.54, 1.807) is 97.9 Å². The topological polar surface area (TPSA) is 164 Å². The monoisotopic (exact) mass is 853 g/mol. The predicted octanol–water partition coefficient (Wildman–Crippen LogP) is 6.37. The Bertz CT molecular complexity index is 1830. The Labute approximate surface area is 363 Å². The van der Waals surface area contributed by atoms with E-state index < -0.39 is 99.7 Å². The Hall–Kier alpha value is -4.25. The standard InChI is InChI=1S/C47H62O14/c1-32-40(51)42(59-34(3)49)45(46(58-32)53-27-19-8-6-5-7-18-26-39(50)52-4)61-47-44(57-30-37-24-16-11-17-25-37)43(56-29-36-22-14-10-15-23-36)41(38(60-47)31-54-33(2)48)55-28-35-20-12-9-13-21-35/h9-17,20-25,32,38,40-47,51H,5-8,18-19,26-31H2,1-4H3/t32-,38-,40-,41-,42+,43+,44-,45-,46+,47?/m1/s1/i28D,29D,30D/t28?,29?,30?,32-,38-,40-,41-,42+,43+,44-,45-,46+,47?. The summed E-state index contributed by atoms with van der Waals surface area (Å²) in [6.07, 6.45) is -7.85. The van der Waals surface area contributed by atoms with Crippen molar-refractivity contribution in [2.45, 2.75) is 147 Å². The first kappa shape index (κ1) is 43.4. The molecule has 61 heavy (non-hydrogen) atoms. The van der Waals surface area contributed by atoms with E-state index in [2.05, 4.69) is 0 Å². The van der Waals surface area contributed by atoms with Crippen molar-refractivity contribution in [1.82, 2.24) is 0 Å². The molecule has 14 heteroatoms. The Kier molecular flexibility index (Phi) is 18.2. The molecule has 2 saturated heterocycles. The molecule has 0 aromatic heterocycles. The minimum Gasteiger partial charge on any atom is -0.469 e. The fraction of sp³-hybridized carbons (Fsp3) is 0.553. The molecule has 14 nitrogen and oxygen atoms in total. The fourth-order valence-corrected chi connectivity index (χ4v) is 6.98. The Morgan fingerprint density at radius 3 is 1.69 bits per heavy atom. The summed E-state index contributed by atoms with van der Waals surface area (Å²) >= 11 is 0. The number of hydrogen-bond acceptors (Lipinski definition) is 14. The van der Waals surface area contributed by atoms with Crippen LogP contribution in [0.1, 0.15) is 86.5 Å². The lowest BCUT2D eigenvalue weighted by Crippen LogP contribution is -2.65. The van der Waals surface area contributed by atoms with Crippen LogP contribution in [-0.4, -0.2) is 105 Å². The summed E-state index contributed by atoms with van der Waals surface area (Å²) in [5.41, 5.74) is 1.42. The summed E-state index contributed by atoms with van der Waals surface area (Å²) in [6.45, 7) is -0.254. The lowest BCUT2D eigenvalue weighted by molar-refractivity contribution is -0.375. The van der Waals surface area contributed by atoms with Crippen molar-refractivity contribution in [3.05, 3.63) is 108 Å². The zero-order valence-corrected chi connectivity index (χ0v) is 35.3. The van der Waals surface area contributed by atoms with Crippen LogP contribution in [0.5, 0.6) is 0 Å². The van der Waals surface area contributed by atoms with Gasteiger partial charge in [0.15, 0.2) is 24.8 Å². The lowest BCUT2D eigenvalue weighted by atomic mass is 9.96. The quantitative estimate of drug-likeness (QED) is 0.0601. The van der Waals surface area contributed by atoms with Gasteiger partial charge in [-0.25, -0.2) is 0 Å². The van der Waals surface area contributed by atoms with Gasteiger partial charge in [0.1, 0.15) is 37.1 Å². The van der Waals surface area contributed by atoms with E-state index in [9.17, 15) is 22.2 Å². The second-order valence-corrected chi connectivity index (χ2v) is 14.9. The van der Waals surface area contributed by atoms with Crippen LogP contribution in [-0.2, 0) is 81.5 Å². The van der Waals surface area contributed by atoms with Crippen molar-refractivity contribution in [2.75, 3.05) is 20.3 Å². The SMILES string of the molecule is [2H]C(O[C@H]1[C@H](OC([2H])c2ccccc2)[C@@H](OC([2H])c2ccccc2)C(O[C@H]2[C@@H](OCCCCCCCCC(=O)OC)O[C@H](C)[C@@H](O)[C@@H]2OC(C)=O)O[C@@H]1COC(C)=O)c1ccccc1. The van der Waals surface area contributed by atoms with Gasteiger partial charge in [0.25, 0.3) is 0 Å². The maximum Gasteiger partial charge on any atom is 0.305 e. The van der Waals surface area contributed by atoms with Crippen molar-refractivity contribution in [3.63, 3.8) is 0 Å². The number of carbonyl (C=O) groups excluding carboxylic acids is 3. The van der Waals surface area contributed by atoms with Gasteiger partial charge in [-0.3, -0.25) is 14.4 Å². The fourth-order valence-electron chi connectivity index (χ4n) is 6.98. The number of ether oxygens (including phenoxy) is 10. The molecule has 334 valence electrons. The first-order valence-corrected chi connectivity index (χ1v) is 20.9. The van der Waals surface area contributed by atoms with Crippen molar-refractivity contribution >= 4 is 17.9 Å². The van der Waals surface area contributed by atoms with Gasteiger partial charge in [-0.05, 0) is 36.5 Å². The minimum absolute atomic E-state index is 0.204. The van der Waals surface area contributed by atoms with Gasteiger partial charge in [-0.1, -0.05) is 117 Å². The van der Waals surface area contributed by atoms with Gasteiger partial charge in [0, 0.05) is 26.9 Å². The molecule has 2 aliphatic heterocycles. The van der Waals surface area contributed by atoms with Crippen molar-refractivity contribution in [1.29, 1.82) is 0 Å². The number of carbonyl (C=O) groups is 3. The summed E-state index contributed by atoms with van der Waals surface area (Å²) in [6, 6.07) is 26.2. The van der Waals surface area contributed by atoms with Gasteiger partial charge in [-0.2, -0.15) is 0 Å². The minimum atomic E-state index is -1.57. The second kappa shape index (κ2) is 25.6. The van der Waals surface area contributed by atoms with Gasteiger partial charge in [-0.15, -0.1) is 0 Å². The molecule has 2 heterocycles. The molecule has 0 aliphatic carbocycles.